The van der Waals surface area contributed by atoms with Gasteiger partial charge in [0, 0.05) is 22.6 Å². The predicted octanol–water partition coefficient (Wildman–Crippen LogP) is 3.29. The minimum Gasteiger partial charge on any atom is -0.460 e. The molecule has 0 rings (SSSR count). The normalized spacial score (nSPS) is 12.5. The summed E-state index contributed by atoms with van der Waals surface area (Å²) in [5, 5.41) is 8.82. The largest absolute Gasteiger partial charge is 0.460 e. The Bertz CT molecular complexity index is 652. The van der Waals surface area contributed by atoms with E-state index in [1.165, 1.54) is 13.8 Å². The second-order valence-corrected chi connectivity index (χ2v) is 7.56. The van der Waals surface area contributed by atoms with Crippen molar-refractivity contribution in [2.24, 2.45) is 5.92 Å². The number of unbranched alkanes of at least 4 members (excludes halogenated alkanes) is 3. The number of hydrogen-bond acceptors (Lipinski definition) is 8. The topological polar surface area (TPSA) is 108 Å². The lowest BCUT2D eigenvalue weighted by atomic mass is 9.88. The Labute approximate surface area is 191 Å². The molecule has 0 saturated heterocycles. The number of carbonyl (C=O) groups is 3. The Hall–Kier alpha value is -2.29. The molecule has 0 heterocycles. The molecule has 0 amide bonds. The van der Waals surface area contributed by atoms with Crippen molar-refractivity contribution in [1.29, 1.82) is 0 Å². The van der Waals surface area contributed by atoms with E-state index < -0.39 is 29.9 Å². The van der Waals surface area contributed by atoms with Gasteiger partial charge in [-0.25, -0.2) is 14.4 Å². The maximum Gasteiger partial charge on any atom is 0.341 e. The van der Waals surface area contributed by atoms with Gasteiger partial charge in [0.15, 0.2) is 0 Å². The van der Waals surface area contributed by atoms with E-state index in [1.54, 1.807) is 0 Å². The zero-order chi connectivity index (χ0) is 24.5. The van der Waals surface area contributed by atoms with Crippen LogP contribution in [0, 0.1) is 5.92 Å². The number of carbonyl (C=O) groups excluding carboxylic acids is 3. The summed E-state index contributed by atoms with van der Waals surface area (Å²) in [6.07, 6.45) is 3.62. The van der Waals surface area contributed by atoms with E-state index in [1.807, 2.05) is 0 Å². The Balaban J connectivity index is 5.47. The quantitative estimate of drug-likeness (QED) is 0.145. The van der Waals surface area contributed by atoms with Crippen LogP contribution in [0.25, 0.3) is 0 Å². The van der Waals surface area contributed by atoms with Gasteiger partial charge in [-0.2, -0.15) is 0 Å². The first-order valence-corrected chi connectivity index (χ1v) is 10.9. The smallest absolute Gasteiger partial charge is 0.341 e. The number of aliphatic hydroxyl groups is 1. The highest BCUT2D eigenvalue weighted by Gasteiger charge is 2.31. The summed E-state index contributed by atoms with van der Waals surface area (Å²) >= 11 is 0. The maximum absolute atomic E-state index is 12.5. The lowest BCUT2D eigenvalue weighted by Crippen LogP contribution is -2.35. The molecule has 8 nitrogen and oxygen atoms in total. The number of ether oxygens (including phenoxy) is 4. The van der Waals surface area contributed by atoms with Crippen LogP contribution >= 0.6 is 0 Å². The third-order valence-electron chi connectivity index (χ3n) is 4.58. The van der Waals surface area contributed by atoms with Crippen molar-refractivity contribution in [2.75, 3.05) is 33.0 Å². The van der Waals surface area contributed by atoms with Crippen molar-refractivity contribution < 1.29 is 38.4 Å². The monoisotopic (exact) mass is 454 g/mol. The molecule has 0 radical (unpaired) electrons. The third-order valence-corrected chi connectivity index (χ3v) is 4.58. The van der Waals surface area contributed by atoms with Crippen LogP contribution in [-0.2, 0) is 33.3 Å². The molecule has 0 aromatic heterocycles. The Morgan fingerprint density at radius 3 is 2.09 bits per heavy atom. The minimum absolute atomic E-state index is 0.0590. The molecule has 32 heavy (non-hydrogen) atoms. The number of aliphatic hydroxyl groups excluding tert-OH is 1. The summed E-state index contributed by atoms with van der Waals surface area (Å²) < 4.78 is 21.2. The van der Waals surface area contributed by atoms with E-state index in [4.69, 9.17) is 24.1 Å². The average Bonchev–Trinajstić information content (AvgIpc) is 2.75. The molecule has 8 heteroatoms. The molecular weight excluding hydrogens is 416 g/mol. The van der Waals surface area contributed by atoms with Crippen molar-refractivity contribution in [1.82, 2.24) is 0 Å². The average molecular weight is 455 g/mol. The van der Waals surface area contributed by atoms with E-state index in [0.717, 1.165) is 25.7 Å². The number of hydrogen-bond donors (Lipinski definition) is 1. The summed E-state index contributed by atoms with van der Waals surface area (Å²) in [5.74, 6) is -2.82. The van der Waals surface area contributed by atoms with Gasteiger partial charge >= 0.3 is 17.9 Å². The molecule has 1 N–H and O–H groups in total. The van der Waals surface area contributed by atoms with Gasteiger partial charge in [-0.3, -0.25) is 0 Å². The van der Waals surface area contributed by atoms with E-state index >= 15 is 0 Å². The summed E-state index contributed by atoms with van der Waals surface area (Å²) in [6, 6.07) is 0. The highest BCUT2D eigenvalue weighted by molar-refractivity contribution is 6.01. The van der Waals surface area contributed by atoms with Crippen LogP contribution in [0.3, 0.4) is 0 Å². The Morgan fingerprint density at radius 1 is 0.875 bits per heavy atom. The zero-order valence-corrected chi connectivity index (χ0v) is 19.7. The molecule has 0 aliphatic carbocycles. The Morgan fingerprint density at radius 2 is 1.53 bits per heavy atom. The van der Waals surface area contributed by atoms with Crippen molar-refractivity contribution >= 4 is 17.9 Å². The summed E-state index contributed by atoms with van der Waals surface area (Å²) in [4.78, 5) is 36.2. The molecule has 182 valence electrons. The second kappa shape index (κ2) is 17.3. The first-order valence-electron chi connectivity index (χ1n) is 10.9. The van der Waals surface area contributed by atoms with E-state index in [-0.39, 0.29) is 49.8 Å². The molecule has 2 unspecified atom stereocenters. The van der Waals surface area contributed by atoms with Gasteiger partial charge in [0.05, 0.1) is 32.5 Å². The summed E-state index contributed by atoms with van der Waals surface area (Å²) in [6.45, 7) is 16.2. The first kappa shape index (κ1) is 29.7. The Kier molecular flexibility index (Phi) is 16.1. The standard InChI is InChI=1S/C24H38O8/c1-7-8-9-10-11-20(19(6)24(28)32-23(27)18(4)5)21(16-31-22(26)17(2)3)30-15-14-29-13-12-25/h20-21,25H,2,4,6-16H2,1,3,5H3. The van der Waals surface area contributed by atoms with Crippen molar-refractivity contribution in [3.8, 4) is 0 Å². The van der Waals surface area contributed by atoms with Crippen LogP contribution in [-0.4, -0.2) is 62.2 Å². The summed E-state index contributed by atoms with van der Waals surface area (Å²) in [7, 11) is 0. The van der Waals surface area contributed by atoms with Gasteiger partial charge in [0.25, 0.3) is 0 Å². The van der Waals surface area contributed by atoms with Crippen LogP contribution in [0.15, 0.2) is 36.5 Å². The fourth-order valence-corrected chi connectivity index (χ4v) is 2.75. The summed E-state index contributed by atoms with van der Waals surface area (Å²) in [5.41, 5.74) is 0.387. The van der Waals surface area contributed by atoms with E-state index in [9.17, 15) is 14.4 Å². The van der Waals surface area contributed by atoms with Gasteiger partial charge in [-0.1, -0.05) is 52.3 Å². The zero-order valence-electron chi connectivity index (χ0n) is 19.7. The van der Waals surface area contributed by atoms with Gasteiger partial charge in [-0.05, 0) is 20.3 Å². The fraction of sp³-hybridized carbons (Fsp3) is 0.625. The van der Waals surface area contributed by atoms with Crippen LogP contribution < -0.4 is 0 Å². The SMILES string of the molecule is C=C(C)C(=O)OCC(OCCOCCO)C(CCCCCC)C(=C)C(=O)OC(=O)C(=C)C. The van der Waals surface area contributed by atoms with Crippen molar-refractivity contribution in [2.45, 2.75) is 59.0 Å². The van der Waals surface area contributed by atoms with Crippen LogP contribution in [0.2, 0.25) is 0 Å². The fourth-order valence-electron chi connectivity index (χ4n) is 2.75. The molecule has 0 saturated carbocycles. The van der Waals surface area contributed by atoms with E-state index in [0.29, 0.717) is 6.42 Å². The molecular formula is C24H38O8. The van der Waals surface area contributed by atoms with Gasteiger partial charge in [-0.15, -0.1) is 0 Å². The third kappa shape index (κ3) is 12.5. The van der Waals surface area contributed by atoms with Crippen LogP contribution in [0.5, 0.6) is 0 Å². The molecule has 0 fully saturated rings. The second-order valence-electron chi connectivity index (χ2n) is 7.56. The van der Waals surface area contributed by atoms with Crippen LogP contribution in [0.4, 0.5) is 0 Å². The van der Waals surface area contributed by atoms with Gasteiger partial charge < -0.3 is 24.1 Å². The molecule has 0 aliphatic heterocycles. The molecule has 0 aliphatic rings. The van der Waals surface area contributed by atoms with Gasteiger partial charge in [0.2, 0.25) is 0 Å². The lowest BCUT2D eigenvalue weighted by Gasteiger charge is -2.28. The minimum atomic E-state index is -0.866. The van der Waals surface area contributed by atoms with Crippen molar-refractivity contribution in [3.63, 3.8) is 0 Å². The molecule has 0 bridgehead atoms. The molecule has 0 spiro atoms. The highest BCUT2D eigenvalue weighted by Crippen LogP contribution is 2.26. The van der Waals surface area contributed by atoms with Crippen molar-refractivity contribution in [3.05, 3.63) is 36.5 Å². The predicted molar refractivity (Wildman–Crippen MR) is 121 cm³/mol. The molecule has 2 atom stereocenters. The van der Waals surface area contributed by atoms with Gasteiger partial charge in [0.1, 0.15) is 6.61 Å². The first-order chi connectivity index (χ1) is 15.1. The highest BCUT2D eigenvalue weighted by atomic mass is 16.6. The maximum atomic E-state index is 12.5. The lowest BCUT2D eigenvalue weighted by molar-refractivity contribution is -0.155. The molecule has 0 aromatic rings. The van der Waals surface area contributed by atoms with E-state index in [2.05, 4.69) is 26.7 Å². The number of esters is 3. The molecule has 0 aromatic carbocycles. The van der Waals surface area contributed by atoms with Crippen LogP contribution in [0.1, 0.15) is 52.9 Å². The number of rotatable bonds is 18.